The van der Waals surface area contributed by atoms with Gasteiger partial charge in [-0.1, -0.05) is 30.3 Å². The molecule has 0 aliphatic carbocycles. The maximum Gasteiger partial charge on any atom is 0.218 e. The van der Waals surface area contributed by atoms with E-state index in [-0.39, 0.29) is 18.9 Å². The number of hydrogen-bond donors (Lipinski definition) is 1. The average molecular weight is 306 g/mol. The minimum absolute atomic E-state index is 0.0931. The monoisotopic (exact) mass is 306 g/mol. The van der Waals surface area contributed by atoms with Gasteiger partial charge in [-0.15, -0.1) is 0 Å². The zero-order valence-electron chi connectivity index (χ0n) is 11.8. The van der Waals surface area contributed by atoms with E-state index in [1.165, 1.54) is 4.31 Å². The second-order valence-corrected chi connectivity index (χ2v) is 6.89. The third-order valence-electron chi connectivity index (χ3n) is 3.11. The number of nitrogens with zero attached hydrogens (tertiary/aromatic N) is 2. The lowest BCUT2D eigenvalue weighted by Crippen LogP contribution is -2.28. The number of aromatic nitrogens is 1. The summed E-state index contributed by atoms with van der Waals surface area (Å²) in [5.74, 6) is -0.0931. The van der Waals surface area contributed by atoms with Crippen LogP contribution in [-0.2, 0) is 28.9 Å². The lowest BCUT2D eigenvalue weighted by Gasteiger charge is -2.17. The van der Waals surface area contributed by atoms with Gasteiger partial charge in [0.1, 0.15) is 0 Å². The molecule has 1 aromatic carbocycles. The van der Waals surface area contributed by atoms with Crippen LogP contribution in [0.2, 0.25) is 0 Å². The molecule has 6 heteroatoms. The summed E-state index contributed by atoms with van der Waals surface area (Å²) < 4.78 is 26.0. The van der Waals surface area contributed by atoms with Crippen LogP contribution in [0, 0.1) is 0 Å². The molecule has 0 saturated heterocycles. The molecule has 0 saturated carbocycles. The van der Waals surface area contributed by atoms with Gasteiger partial charge in [0.05, 0.1) is 24.6 Å². The van der Waals surface area contributed by atoms with Crippen LogP contribution in [0.1, 0.15) is 16.8 Å². The van der Waals surface area contributed by atoms with E-state index in [1.54, 1.807) is 49.6 Å². The molecule has 1 N–H and O–H groups in total. The van der Waals surface area contributed by atoms with Crippen molar-refractivity contribution in [2.75, 3.05) is 7.05 Å². The van der Waals surface area contributed by atoms with Gasteiger partial charge in [0.2, 0.25) is 10.0 Å². The molecule has 2 rings (SSSR count). The molecule has 2 aromatic rings. The van der Waals surface area contributed by atoms with Crippen molar-refractivity contribution < 1.29 is 13.5 Å². The fourth-order valence-electron chi connectivity index (χ4n) is 1.96. The van der Waals surface area contributed by atoms with Gasteiger partial charge in [0, 0.05) is 13.2 Å². The number of aliphatic hydroxyl groups is 1. The molecule has 0 aliphatic heterocycles. The van der Waals surface area contributed by atoms with Crippen LogP contribution in [-0.4, -0.2) is 29.9 Å². The van der Waals surface area contributed by atoms with Gasteiger partial charge in [0.15, 0.2) is 0 Å². The van der Waals surface area contributed by atoms with Gasteiger partial charge in [-0.05, 0) is 23.3 Å². The van der Waals surface area contributed by atoms with Crippen LogP contribution in [0.3, 0.4) is 0 Å². The minimum Gasteiger partial charge on any atom is -0.392 e. The van der Waals surface area contributed by atoms with Gasteiger partial charge < -0.3 is 5.11 Å². The molecular formula is C15H18N2O3S. The highest BCUT2D eigenvalue weighted by molar-refractivity contribution is 7.88. The highest BCUT2D eigenvalue weighted by Gasteiger charge is 2.19. The Morgan fingerprint density at radius 3 is 2.57 bits per heavy atom. The summed E-state index contributed by atoms with van der Waals surface area (Å²) in [6.45, 7) is 0.139. The largest absolute Gasteiger partial charge is 0.392 e. The van der Waals surface area contributed by atoms with Crippen molar-refractivity contribution in [3.8, 4) is 0 Å². The van der Waals surface area contributed by atoms with E-state index < -0.39 is 10.0 Å². The first-order valence-corrected chi connectivity index (χ1v) is 8.15. The highest BCUT2D eigenvalue weighted by atomic mass is 32.2. The molecule has 0 amide bonds. The molecule has 1 heterocycles. The third kappa shape index (κ3) is 4.35. The van der Waals surface area contributed by atoms with Crippen molar-refractivity contribution in [3.63, 3.8) is 0 Å². The second-order valence-electron chi connectivity index (χ2n) is 4.81. The van der Waals surface area contributed by atoms with Gasteiger partial charge in [0.25, 0.3) is 0 Å². The molecule has 0 spiro atoms. The average Bonchev–Trinajstić information content (AvgIpc) is 2.48. The SMILES string of the molecule is CN(Cc1ccccn1)S(=O)(=O)Cc1cccc(CO)c1. The van der Waals surface area contributed by atoms with E-state index in [4.69, 9.17) is 5.11 Å². The third-order valence-corrected chi connectivity index (χ3v) is 4.89. The summed E-state index contributed by atoms with van der Waals surface area (Å²) in [6, 6.07) is 12.4. The molecule has 0 radical (unpaired) electrons. The van der Waals surface area contributed by atoms with Crippen molar-refractivity contribution in [1.29, 1.82) is 0 Å². The van der Waals surface area contributed by atoms with Crippen LogP contribution in [0.15, 0.2) is 48.7 Å². The van der Waals surface area contributed by atoms with Crippen molar-refractivity contribution in [2.45, 2.75) is 18.9 Å². The van der Waals surface area contributed by atoms with Crippen molar-refractivity contribution in [3.05, 3.63) is 65.5 Å². The Hall–Kier alpha value is -1.76. The van der Waals surface area contributed by atoms with Crippen molar-refractivity contribution >= 4 is 10.0 Å². The van der Waals surface area contributed by atoms with Gasteiger partial charge in [-0.2, -0.15) is 4.31 Å². The molecule has 0 bridgehead atoms. The van der Waals surface area contributed by atoms with Gasteiger partial charge in [-0.25, -0.2) is 8.42 Å². The predicted octanol–water partition coefficient (Wildman–Crippen LogP) is 1.54. The molecule has 1 aromatic heterocycles. The molecule has 0 aliphatic rings. The zero-order valence-corrected chi connectivity index (χ0v) is 12.6. The summed E-state index contributed by atoms with van der Waals surface area (Å²) in [5, 5.41) is 9.10. The molecular weight excluding hydrogens is 288 g/mol. The Morgan fingerprint density at radius 2 is 1.90 bits per heavy atom. The van der Waals surface area contributed by atoms with E-state index in [0.717, 1.165) is 0 Å². The van der Waals surface area contributed by atoms with E-state index in [2.05, 4.69) is 4.98 Å². The Morgan fingerprint density at radius 1 is 1.14 bits per heavy atom. The first-order chi connectivity index (χ1) is 10.0. The standard InChI is InChI=1S/C15H18N2O3S/c1-17(10-15-7-2-3-8-16-15)21(19,20)12-14-6-4-5-13(9-14)11-18/h2-9,18H,10-12H2,1H3. The van der Waals surface area contributed by atoms with E-state index >= 15 is 0 Å². The van der Waals surface area contributed by atoms with Crippen molar-refractivity contribution in [2.24, 2.45) is 0 Å². The predicted molar refractivity (Wildman–Crippen MR) is 80.7 cm³/mol. The van der Waals surface area contributed by atoms with Gasteiger partial charge in [-0.3, -0.25) is 4.98 Å². The molecule has 0 atom stereocenters. The van der Waals surface area contributed by atoms with Crippen LogP contribution in [0.5, 0.6) is 0 Å². The van der Waals surface area contributed by atoms with Crippen LogP contribution < -0.4 is 0 Å². The van der Waals surface area contributed by atoms with Crippen LogP contribution >= 0.6 is 0 Å². The first kappa shape index (κ1) is 15.6. The highest BCUT2D eigenvalue weighted by Crippen LogP contribution is 2.13. The van der Waals surface area contributed by atoms with E-state index in [9.17, 15) is 8.42 Å². The number of aliphatic hydroxyl groups excluding tert-OH is 1. The van der Waals surface area contributed by atoms with E-state index in [0.29, 0.717) is 16.8 Å². The molecule has 0 fully saturated rings. The maximum absolute atomic E-state index is 12.3. The van der Waals surface area contributed by atoms with E-state index in [1.807, 2.05) is 6.07 Å². The molecule has 0 unspecified atom stereocenters. The van der Waals surface area contributed by atoms with Gasteiger partial charge >= 0.3 is 0 Å². The quantitative estimate of drug-likeness (QED) is 0.879. The number of sulfonamides is 1. The first-order valence-electron chi connectivity index (χ1n) is 6.54. The normalized spacial score (nSPS) is 11.8. The Bertz CT molecular complexity index is 687. The zero-order chi connectivity index (χ0) is 15.3. The maximum atomic E-state index is 12.3. The smallest absolute Gasteiger partial charge is 0.218 e. The minimum atomic E-state index is -3.42. The lowest BCUT2D eigenvalue weighted by molar-refractivity contribution is 0.281. The number of hydrogen-bond acceptors (Lipinski definition) is 4. The summed E-state index contributed by atoms with van der Waals surface area (Å²) in [4.78, 5) is 4.13. The van der Waals surface area contributed by atoms with Crippen LogP contribution in [0.4, 0.5) is 0 Å². The lowest BCUT2D eigenvalue weighted by atomic mass is 10.1. The Balaban J connectivity index is 2.10. The number of benzene rings is 1. The van der Waals surface area contributed by atoms with Crippen molar-refractivity contribution in [1.82, 2.24) is 9.29 Å². The summed E-state index contributed by atoms with van der Waals surface area (Å²) in [5.41, 5.74) is 2.07. The molecule has 112 valence electrons. The Kier molecular flexibility index (Phi) is 5.06. The van der Waals surface area contributed by atoms with Crippen LogP contribution in [0.25, 0.3) is 0 Å². The number of pyridine rings is 1. The fourth-order valence-corrected chi connectivity index (χ4v) is 3.11. The summed E-state index contributed by atoms with van der Waals surface area (Å²) in [7, 11) is -1.88. The molecule has 21 heavy (non-hydrogen) atoms. The number of rotatable bonds is 6. The second kappa shape index (κ2) is 6.80. The topological polar surface area (TPSA) is 70.5 Å². The molecule has 5 nitrogen and oxygen atoms in total. The summed E-state index contributed by atoms with van der Waals surface area (Å²) in [6.07, 6.45) is 1.64. The Labute approximate surface area is 124 Å². The fraction of sp³-hybridized carbons (Fsp3) is 0.267. The summed E-state index contributed by atoms with van der Waals surface area (Å²) >= 11 is 0.